The van der Waals surface area contributed by atoms with Crippen molar-refractivity contribution in [3.8, 4) is 0 Å². The summed E-state index contributed by atoms with van der Waals surface area (Å²) in [7, 11) is 0. The van der Waals surface area contributed by atoms with E-state index >= 15 is 0 Å². The van der Waals surface area contributed by atoms with Crippen molar-refractivity contribution in [3.63, 3.8) is 0 Å². The zero-order valence-corrected chi connectivity index (χ0v) is 15.0. The molecule has 2 fully saturated rings. The topological polar surface area (TPSA) is 140 Å². The molecule has 1 saturated carbocycles. The molecule has 0 aromatic carbocycles. The smallest absolute Gasteiger partial charge is 0.242 e. The van der Waals surface area contributed by atoms with Gasteiger partial charge in [-0.05, 0) is 38.0 Å². The van der Waals surface area contributed by atoms with Gasteiger partial charge in [-0.15, -0.1) is 0 Å². The van der Waals surface area contributed by atoms with E-state index in [9.17, 15) is 9.59 Å². The summed E-state index contributed by atoms with van der Waals surface area (Å²) in [6, 6.07) is -0.824. The van der Waals surface area contributed by atoms with E-state index in [1.807, 2.05) is 0 Å². The van der Waals surface area contributed by atoms with Crippen LogP contribution in [-0.4, -0.2) is 54.4 Å². The summed E-state index contributed by atoms with van der Waals surface area (Å²) in [4.78, 5) is 30.4. The number of amides is 2. The highest BCUT2D eigenvalue weighted by Gasteiger charge is 2.40. The number of nitrogens with zero attached hydrogens (tertiary/aromatic N) is 2. The van der Waals surface area contributed by atoms with Crippen molar-refractivity contribution in [2.24, 2.45) is 28.1 Å². The molecule has 142 valence electrons. The lowest BCUT2D eigenvalue weighted by Crippen LogP contribution is -2.62. The van der Waals surface area contributed by atoms with E-state index in [2.05, 4.69) is 10.3 Å². The molecule has 0 bridgehead atoms. The number of guanidine groups is 1. The zero-order chi connectivity index (χ0) is 18.2. The normalized spacial score (nSPS) is 22.0. The van der Waals surface area contributed by atoms with E-state index in [4.69, 9.17) is 17.2 Å². The van der Waals surface area contributed by atoms with Crippen LogP contribution in [0.1, 0.15) is 51.4 Å². The van der Waals surface area contributed by atoms with E-state index in [0.29, 0.717) is 26.1 Å². The number of carbonyl (C=O) groups excluding carboxylic acids is 2. The number of hydrogen-bond donors (Lipinski definition) is 4. The Morgan fingerprint density at radius 2 is 1.84 bits per heavy atom. The van der Waals surface area contributed by atoms with Crippen LogP contribution in [0.25, 0.3) is 0 Å². The maximum absolute atomic E-state index is 12.6. The molecule has 0 unspecified atom stereocenters. The van der Waals surface area contributed by atoms with Crippen molar-refractivity contribution in [2.75, 3.05) is 19.6 Å². The van der Waals surface area contributed by atoms with Gasteiger partial charge in [0.25, 0.3) is 0 Å². The highest BCUT2D eigenvalue weighted by Crippen LogP contribution is 2.28. The third-order valence-electron chi connectivity index (χ3n) is 5.23. The van der Waals surface area contributed by atoms with Gasteiger partial charge in [0.1, 0.15) is 6.04 Å². The standard InChI is InChI=1S/C17H32N6O2/c18-14(12-6-2-1-3-7-12)16(25)23-11-8-13(23)15(24)21-9-4-5-10-22-17(19)20/h12-14H,1-11,18H2,(H,21,24)(H4,19,20,22)/t13-,14+/m0/s1. The van der Waals surface area contributed by atoms with Crippen molar-refractivity contribution < 1.29 is 9.59 Å². The fourth-order valence-corrected chi connectivity index (χ4v) is 3.58. The van der Waals surface area contributed by atoms with Gasteiger partial charge < -0.3 is 27.4 Å². The Hall–Kier alpha value is -1.83. The maximum Gasteiger partial charge on any atom is 0.242 e. The molecule has 8 nitrogen and oxygen atoms in total. The fraction of sp³-hybridized carbons (Fsp3) is 0.824. The second kappa shape index (κ2) is 9.60. The summed E-state index contributed by atoms with van der Waals surface area (Å²) >= 11 is 0. The van der Waals surface area contributed by atoms with Crippen molar-refractivity contribution in [2.45, 2.75) is 63.5 Å². The SMILES string of the molecule is NC(N)=NCCCCNC(=O)[C@@H]1CCN1C(=O)[C@H](N)C1CCCCC1. The molecular formula is C17H32N6O2. The minimum absolute atomic E-state index is 0.0638. The average Bonchev–Trinajstić information content (AvgIpc) is 2.56. The maximum atomic E-state index is 12.6. The minimum Gasteiger partial charge on any atom is -0.370 e. The average molecular weight is 352 g/mol. The molecule has 0 radical (unpaired) electrons. The second-order valence-electron chi connectivity index (χ2n) is 7.06. The Kier molecular flexibility index (Phi) is 7.49. The largest absolute Gasteiger partial charge is 0.370 e. The lowest BCUT2D eigenvalue weighted by molar-refractivity contribution is -0.149. The molecular weight excluding hydrogens is 320 g/mol. The molecule has 7 N–H and O–H groups in total. The summed E-state index contributed by atoms with van der Waals surface area (Å²) in [5, 5.41) is 2.89. The number of rotatable bonds is 8. The van der Waals surface area contributed by atoms with Gasteiger partial charge in [0.05, 0.1) is 6.04 Å². The monoisotopic (exact) mass is 352 g/mol. The molecule has 25 heavy (non-hydrogen) atoms. The minimum atomic E-state index is -0.463. The van der Waals surface area contributed by atoms with Crippen molar-refractivity contribution >= 4 is 17.8 Å². The van der Waals surface area contributed by atoms with Crippen LogP contribution in [0, 0.1) is 5.92 Å². The zero-order valence-electron chi connectivity index (χ0n) is 15.0. The van der Waals surface area contributed by atoms with Gasteiger partial charge >= 0.3 is 0 Å². The van der Waals surface area contributed by atoms with Crippen LogP contribution in [0.3, 0.4) is 0 Å². The Bertz CT molecular complexity index is 486. The predicted octanol–water partition coefficient (Wildman–Crippen LogP) is -0.335. The molecule has 0 aromatic heterocycles. The van der Waals surface area contributed by atoms with Crippen LogP contribution >= 0.6 is 0 Å². The lowest BCUT2D eigenvalue weighted by Gasteiger charge is -2.42. The summed E-state index contributed by atoms with van der Waals surface area (Å²) in [6.45, 7) is 1.75. The molecule has 2 amide bonds. The van der Waals surface area contributed by atoms with Gasteiger partial charge in [-0.2, -0.15) is 0 Å². The van der Waals surface area contributed by atoms with Gasteiger partial charge in [-0.25, -0.2) is 0 Å². The van der Waals surface area contributed by atoms with Gasteiger partial charge in [-0.1, -0.05) is 19.3 Å². The highest BCUT2D eigenvalue weighted by molar-refractivity contribution is 5.91. The summed E-state index contributed by atoms with van der Waals surface area (Å²) in [5.41, 5.74) is 16.7. The van der Waals surface area contributed by atoms with E-state index in [1.54, 1.807) is 4.90 Å². The first-order chi connectivity index (χ1) is 12.0. The quantitative estimate of drug-likeness (QED) is 0.269. The number of hydrogen-bond acceptors (Lipinski definition) is 4. The number of carbonyl (C=O) groups is 2. The first-order valence-electron chi connectivity index (χ1n) is 9.40. The van der Waals surface area contributed by atoms with Gasteiger partial charge in [0, 0.05) is 19.6 Å². The van der Waals surface area contributed by atoms with Crippen molar-refractivity contribution in [1.29, 1.82) is 0 Å². The van der Waals surface area contributed by atoms with Crippen LogP contribution in [0.4, 0.5) is 0 Å². The predicted molar refractivity (Wildman–Crippen MR) is 97.6 cm³/mol. The Labute approximate surface area is 149 Å². The number of likely N-dealkylation sites (tertiary alicyclic amines) is 1. The lowest BCUT2D eigenvalue weighted by atomic mass is 9.83. The van der Waals surface area contributed by atoms with Crippen LogP contribution < -0.4 is 22.5 Å². The Morgan fingerprint density at radius 1 is 1.12 bits per heavy atom. The van der Waals surface area contributed by atoms with Gasteiger partial charge in [0.15, 0.2) is 5.96 Å². The Morgan fingerprint density at radius 3 is 2.44 bits per heavy atom. The fourth-order valence-electron chi connectivity index (χ4n) is 3.58. The molecule has 2 atom stereocenters. The summed E-state index contributed by atoms with van der Waals surface area (Å²) in [5.74, 6) is 0.200. The molecule has 0 aromatic rings. The molecule has 1 saturated heterocycles. The van der Waals surface area contributed by atoms with Gasteiger partial charge in [0.2, 0.25) is 11.8 Å². The molecule has 2 rings (SSSR count). The Balaban J connectivity index is 1.70. The molecule has 1 aliphatic heterocycles. The van der Waals surface area contributed by atoms with Crippen LogP contribution in [-0.2, 0) is 9.59 Å². The van der Waals surface area contributed by atoms with Crippen LogP contribution in [0.15, 0.2) is 4.99 Å². The van der Waals surface area contributed by atoms with E-state index in [0.717, 1.165) is 38.5 Å². The molecule has 1 aliphatic carbocycles. The van der Waals surface area contributed by atoms with E-state index < -0.39 is 6.04 Å². The highest BCUT2D eigenvalue weighted by atomic mass is 16.2. The molecule has 1 heterocycles. The van der Waals surface area contributed by atoms with Crippen LogP contribution in [0.2, 0.25) is 0 Å². The summed E-state index contributed by atoms with van der Waals surface area (Å²) in [6.07, 6.45) is 7.88. The van der Waals surface area contributed by atoms with Crippen molar-refractivity contribution in [1.82, 2.24) is 10.2 Å². The number of aliphatic imine (C=N–C) groups is 1. The number of nitrogens with two attached hydrogens (primary N) is 3. The first kappa shape index (κ1) is 19.5. The number of nitrogens with one attached hydrogen (secondary N) is 1. The molecule has 8 heteroatoms. The molecule has 0 spiro atoms. The van der Waals surface area contributed by atoms with Gasteiger partial charge in [-0.3, -0.25) is 14.6 Å². The number of unbranched alkanes of at least 4 members (excludes halogenated alkanes) is 1. The summed E-state index contributed by atoms with van der Waals surface area (Å²) < 4.78 is 0. The first-order valence-corrected chi connectivity index (χ1v) is 9.40. The second-order valence-corrected chi connectivity index (χ2v) is 7.06. The van der Waals surface area contributed by atoms with Crippen molar-refractivity contribution in [3.05, 3.63) is 0 Å². The van der Waals surface area contributed by atoms with E-state index in [1.165, 1.54) is 6.42 Å². The van der Waals surface area contributed by atoms with Crippen LogP contribution in [0.5, 0.6) is 0 Å². The third-order valence-corrected chi connectivity index (χ3v) is 5.23. The third kappa shape index (κ3) is 5.59. The molecule has 2 aliphatic rings. The van der Waals surface area contributed by atoms with E-state index in [-0.39, 0.29) is 29.7 Å².